The maximum absolute atomic E-state index is 12.7. The van der Waals surface area contributed by atoms with E-state index in [0.717, 1.165) is 12.8 Å². The van der Waals surface area contributed by atoms with Gasteiger partial charge in [-0.25, -0.2) is 0 Å². The number of carbonyl (C=O) groups is 2. The standard InChI is InChI=1S/C17H26O4/c1-15(2,3)16(4,5)14(19)21-12-11-9-7-17(12,6)8-10(9)13(18)20-11/h9-12H,7-8H2,1-6H3. The second-order valence-electron chi connectivity index (χ2n) is 8.94. The molecule has 0 amide bonds. The van der Waals surface area contributed by atoms with Gasteiger partial charge < -0.3 is 9.47 Å². The predicted molar refractivity (Wildman–Crippen MR) is 77.3 cm³/mol. The fourth-order valence-corrected chi connectivity index (χ4v) is 4.02. The van der Waals surface area contributed by atoms with Crippen LogP contribution in [0.1, 0.15) is 54.4 Å². The van der Waals surface area contributed by atoms with Crippen LogP contribution in [-0.4, -0.2) is 24.1 Å². The molecule has 2 bridgehead atoms. The molecule has 0 radical (unpaired) electrons. The van der Waals surface area contributed by atoms with Crippen LogP contribution >= 0.6 is 0 Å². The molecule has 21 heavy (non-hydrogen) atoms. The first kappa shape index (κ1) is 14.9. The van der Waals surface area contributed by atoms with Crippen LogP contribution in [0, 0.1) is 28.1 Å². The van der Waals surface area contributed by atoms with E-state index < -0.39 is 5.41 Å². The van der Waals surface area contributed by atoms with Crippen molar-refractivity contribution in [1.82, 2.24) is 0 Å². The number of carbonyl (C=O) groups excluding carboxylic acids is 2. The summed E-state index contributed by atoms with van der Waals surface area (Å²) in [6.07, 6.45) is 1.23. The Kier molecular flexibility index (Phi) is 2.84. The molecule has 118 valence electrons. The van der Waals surface area contributed by atoms with E-state index in [4.69, 9.17) is 9.47 Å². The van der Waals surface area contributed by atoms with E-state index in [9.17, 15) is 9.59 Å². The van der Waals surface area contributed by atoms with Gasteiger partial charge in [0.05, 0.1) is 11.3 Å². The summed E-state index contributed by atoms with van der Waals surface area (Å²) < 4.78 is 11.4. The molecule has 2 aliphatic carbocycles. The number of hydrogen-bond acceptors (Lipinski definition) is 4. The van der Waals surface area contributed by atoms with Crippen molar-refractivity contribution in [3.05, 3.63) is 0 Å². The van der Waals surface area contributed by atoms with Gasteiger partial charge in [-0.1, -0.05) is 27.7 Å². The fraction of sp³-hybridized carbons (Fsp3) is 0.882. The van der Waals surface area contributed by atoms with Crippen molar-refractivity contribution in [1.29, 1.82) is 0 Å². The Hall–Kier alpha value is -1.06. The summed E-state index contributed by atoms with van der Waals surface area (Å²) in [4.78, 5) is 24.5. The molecule has 0 spiro atoms. The molecule has 0 aromatic heterocycles. The van der Waals surface area contributed by atoms with E-state index in [-0.39, 0.29) is 46.8 Å². The molecule has 5 atom stereocenters. The zero-order valence-electron chi connectivity index (χ0n) is 13.9. The average molecular weight is 294 g/mol. The smallest absolute Gasteiger partial charge is 0.312 e. The van der Waals surface area contributed by atoms with Crippen molar-refractivity contribution in [3.63, 3.8) is 0 Å². The first-order valence-electron chi connectivity index (χ1n) is 7.89. The summed E-state index contributed by atoms with van der Waals surface area (Å²) in [5, 5.41) is 0. The van der Waals surface area contributed by atoms with Crippen LogP contribution in [0.2, 0.25) is 0 Å². The molecule has 1 heterocycles. The molecule has 3 aliphatic rings. The summed E-state index contributed by atoms with van der Waals surface area (Å²) >= 11 is 0. The molecule has 3 fully saturated rings. The first-order valence-corrected chi connectivity index (χ1v) is 7.89. The Morgan fingerprint density at radius 2 is 1.86 bits per heavy atom. The molecule has 4 nitrogen and oxygen atoms in total. The highest BCUT2D eigenvalue weighted by atomic mass is 16.6. The van der Waals surface area contributed by atoms with Crippen LogP contribution in [0.15, 0.2) is 0 Å². The Balaban J connectivity index is 1.81. The quantitative estimate of drug-likeness (QED) is 0.735. The van der Waals surface area contributed by atoms with E-state index in [1.54, 1.807) is 0 Å². The Labute approximate surface area is 126 Å². The predicted octanol–water partition coefficient (Wildman–Crippen LogP) is 2.94. The van der Waals surface area contributed by atoms with E-state index in [2.05, 4.69) is 6.92 Å². The third-order valence-electron chi connectivity index (χ3n) is 6.49. The van der Waals surface area contributed by atoms with Gasteiger partial charge in [-0.05, 0) is 32.1 Å². The van der Waals surface area contributed by atoms with Gasteiger partial charge in [0.1, 0.15) is 12.2 Å². The summed E-state index contributed by atoms with van der Waals surface area (Å²) in [6.45, 7) is 12.1. The third-order valence-corrected chi connectivity index (χ3v) is 6.49. The maximum Gasteiger partial charge on any atom is 0.312 e. The first-order chi connectivity index (χ1) is 9.47. The zero-order valence-corrected chi connectivity index (χ0v) is 13.9. The fourth-order valence-electron chi connectivity index (χ4n) is 4.02. The van der Waals surface area contributed by atoms with Crippen LogP contribution in [0.5, 0.6) is 0 Å². The van der Waals surface area contributed by atoms with Gasteiger partial charge in [-0.3, -0.25) is 9.59 Å². The third kappa shape index (κ3) is 1.87. The number of rotatable bonds is 2. The van der Waals surface area contributed by atoms with E-state index in [1.807, 2.05) is 34.6 Å². The molecule has 1 aliphatic heterocycles. The number of ether oxygens (including phenoxy) is 2. The lowest BCUT2D eigenvalue weighted by Crippen LogP contribution is -2.46. The molecular formula is C17H26O4. The minimum absolute atomic E-state index is 0.0329. The van der Waals surface area contributed by atoms with Crippen LogP contribution < -0.4 is 0 Å². The van der Waals surface area contributed by atoms with Gasteiger partial charge in [-0.15, -0.1) is 0 Å². The lowest BCUT2D eigenvalue weighted by Gasteiger charge is -2.40. The normalized spacial score (nSPS) is 41.3. The second-order valence-corrected chi connectivity index (χ2v) is 8.94. The molecule has 1 saturated heterocycles. The molecule has 2 saturated carbocycles. The van der Waals surface area contributed by atoms with Crippen molar-refractivity contribution in [2.45, 2.75) is 66.6 Å². The zero-order chi connectivity index (χ0) is 15.8. The highest BCUT2D eigenvalue weighted by Crippen LogP contribution is 2.62. The van der Waals surface area contributed by atoms with Crippen molar-refractivity contribution >= 4 is 11.9 Å². The Morgan fingerprint density at radius 3 is 2.43 bits per heavy atom. The van der Waals surface area contributed by atoms with Gasteiger partial charge in [0, 0.05) is 11.3 Å². The SMILES string of the molecule is CC12CC3C(=O)OC(C3C1)C2OC(=O)C(C)(C)C(C)(C)C. The molecule has 5 unspecified atom stereocenters. The van der Waals surface area contributed by atoms with Crippen molar-refractivity contribution in [2.24, 2.45) is 28.1 Å². The van der Waals surface area contributed by atoms with E-state index in [0.29, 0.717) is 0 Å². The summed E-state index contributed by atoms with van der Waals surface area (Å²) in [7, 11) is 0. The molecule has 0 aromatic rings. The summed E-state index contributed by atoms with van der Waals surface area (Å²) in [5.41, 5.74) is -0.861. The number of fused-ring (bicyclic) bond motifs is 1. The Morgan fingerprint density at radius 1 is 1.24 bits per heavy atom. The van der Waals surface area contributed by atoms with Gasteiger partial charge in [0.15, 0.2) is 0 Å². The number of esters is 2. The summed E-state index contributed by atoms with van der Waals surface area (Å²) in [5.74, 6) is -0.000688. The highest BCUT2D eigenvalue weighted by molar-refractivity contribution is 5.79. The van der Waals surface area contributed by atoms with Crippen molar-refractivity contribution in [2.75, 3.05) is 0 Å². The summed E-state index contributed by atoms with van der Waals surface area (Å²) in [6, 6.07) is 0. The highest BCUT2D eigenvalue weighted by Gasteiger charge is 2.69. The van der Waals surface area contributed by atoms with Gasteiger partial charge in [0.25, 0.3) is 0 Å². The van der Waals surface area contributed by atoms with Crippen LogP contribution in [-0.2, 0) is 19.1 Å². The second kappa shape index (κ2) is 4.02. The largest absolute Gasteiger partial charge is 0.458 e. The van der Waals surface area contributed by atoms with Crippen LogP contribution in [0.4, 0.5) is 0 Å². The van der Waals surface area contributed by atoms with Gasteiger partial charge in [-0.2, -0.15) is 0 Å². The maximum atomic E-state index is 12.7. The van der Waals surface area contributed by atoms with E-state index in [1.165, 1.54) is 0 Å². The Bertz CT molecular complexity index is 501. The van der Waals surface area contributed by atoms with Crippen molar-refractivity contribution < 1.29 is 19.1 Å². The lowest BCUT2D eigenvalue weighted by atomic mass is 9.69. The average Bonchev–Trinajstić information content (AvgIpc) is 2.87. The minimum atomic E-state index is -0.576. The monoisotopic (exact) mass is 294 g/mol. The molecule has 0 N–H and O–H groups in total. The molecule has 3 rings (SSSR count). The van der Waals surface area contributed by atoms with Crippen molar-refractivity contribution in [3.8, 4) is 0 Å². The van der Waals surface area contributed by atoms with Crippen LogP contribution in [0.25, 0.3) is 0 Å². The minimum Gasteiger partial charge on any atom is -0.458 e. The lowest BCUT2D eigenvalue weighted by molar-refractivity contribution is -0.180. The molecular weight excluding hydrogens is 268 g/mol. The van der Waals surface area contributed by atoms with Crippen LogP contribution in [0.3, 0.4) is 0 Å². The topological polar surface area (TPSA) is 52.6 Å². The molecule has 0 aromatic carbocycles. The molecule has 4 heteroatoms. The number of hydrogen-bond donors (Lipinski definition) is 0. The van der Waals surface area contributed by atoms with E-state index >= 15 is 0 Å². The van der Waals surface area contributed by atoms with Gasteiger partial charge in [0.2, 0.25) is 0 Å². The van der Waals surface area contributed by atoms with Gasteiger partial charge >= 0.3 is 11.9 Å².